The van der Waals surface area contributed by atoms with E-state index in [1.165, 1.54) is 18.2 Å². The van der Waals surface area contributed by atoms with Gasteiger partial charge in [0.2, 0.25) is 0 Å². The maximum atomic E-state index is 12.3. The molecule has 0 radical (unpaired) electrons. The van der Waals surface area contributed by atoms with Crippen molar-refractivity contribution in [2.75, 3.05) is 0 Å². The van der Waals surface area contributed by atoms with Gasteiger partial charge in [0.25, 0.3) is 0 Å². The Bertz CT molecular complexity index is 259. The van der Waals surface area contributed by atoms with Crippen molar-refractivity contribution in [3.05, 3.63) is 35.6 Å². The third kappa shape index (κ3) is 3.60. The molecular formula is C7H4BrFNZn-. The zero-order valence-corrected chi connectivity index (χ0v) is 10.4. The van der Waals surface area contributed by atoms with E-state index >= 15 is 0 Å². The van der Waals surface area contributed by atoms with E-state index in [-0.39, 0.29) is 42.0 Å². The van der Waals surface area contributed by atoms with Crippen molar-refractivity contribution in [2.24, 2.45) is 0 Å². The molecule has 1 rings (SSSR count). The number of halogens is 2. The second kappa shape index (κ2) is 6.45. The Morgan fingerprint density at radius 2 is 2.18 bits per heavy atom. The van der Waals surface area contributed by atoms with Crippen LogP contribution in [0, 0.1) is 23.2 Å². The fourth-order valence-corrected chi connectivity index (χ4v) is 0.497. The van der Waals surface area contributed by atoms with Gasteiger partial charge in [0.15, 0.2) is 0 Å². The molecule has 0 amide bonds. The molecular weight excluding hydrogens is 262 g/mol. The summed E-state index contributed by atoms with van der Waals surface area (Å²) < 4.78 is 12.3. The van der Waals surface area contributed by atoms with Crippen molar-refractivity contribution < 1.29 is 23.9 Å². The van der Waals surface area contributed by atoms with Crippen LogP contribution < -0.4 is 0 Å². The SMILES string of the molecule is Br.N#Cc1c[c-]ccc1F.[Zn]. The van der Waals surface area contributed by atoms with Gasteiger partial charge in [-0.2, -0.15) is 18.2 Å². The molecule has 0 aliphatic heterocycles. The summed E-state index contributed by atoms with van der Waals surface area (Å²) in [7, 11) is 0. The van der Waals surface area contributed by atoms with E-state index in [2.05, 4.69) is 6.07 Å². The first-order valence-electron chi connectivity index (χ1n) is 2.40. The first kappa shape index (κ1) is 13.3. The van der Waals surface area contributed by atoms with Crippen molar-refractivity contribution in [3.8, 4) is 6.07 Å². The number of nitriles is 1. The average molecular weight is 266 g/mol. The van der Waals surface area contributed by atoms with Crippen molar-refractivity contribution in [1.82, 2.24) is 0 Å². The topological polar surface area (TPSA) is 23.8 Å². The molecule has 0 fully saturated rings. The van der Waals surface area contributed by atoms with E-state index in [1.54, 1.807) is 6.07 Å². The maximum Gasteiger partial charge on any atom is 0.0336 e. The minimum absolute atomic E-state index is 0. The van der Waals surface area contributed by atoms with E-state index in [9.17, 15) is 4.39 Å². The average Bonchev–Trinajstić information content (AvgIpc) is 1.89. The zero-order valence-electron chi connectivity index (χ0n) is 5.67. The number of nitrogens with zero attached hydrogens (tertiary/aromatic N) is 1. The molecule has 54 valence electrons. The smallest absolute Gasteiger partial charge is 0.0336 e. The molecule has 4 heteroatoms. The van der Waals surface area contributed by atoms with Crippen LogP contribution in [0.1, 0.15) is 5.56 Å². The molecule has 0 atom stereocenters. The van der Waals surface area contributed by atoms with Crippen LogP contribution in [0.3, 0.4) is 0 Å². The van der Waals surface area contributed by atoms with Gasteiger partial charge in [0.1, 0.15) is 0 Å². The first-order valence-corrected chi connectivity index (χ1v) is 2.40. The van der Waals surface area contributed by atoms with Crippen LogP contribution in [0.5, 0.6) is 0 Å². The molecule has 1 aromatic carbocycles. The van der Waals surface area contributed by atoms with Gasteiger partial charge in [-0.25, -0.2) is 9.65 Å². The minimum Gasteiger partial charge on any atom is -0.234 e. The largest absolute Gasteiger partial charge is 0.234 e. The molecule has 1 aromatic rings. The third-order valence-electron chi connectivity index (χ3n) is 0.931. The minimum atomic E-state index is -0.490. The van der Waals surface area contributed by atoms with Crippen LogP contribution in [0.2, 0.25) is 0 Å². The summed E-state index contributed by atoms with van der Waals surface area (Å²) in [6.07, 6.45) is 0. The van der Waals surface area contributed by atoms with Crippen LogP contribution in [0.4, 0.5) is 4.39 Å². The second-order valence-corrected chi connectivity index (χ2v) is 1.52. The molecule has 0 bridgehead atoms. The first-order chi connectivity index (χ1) is 4.34. The summed E-state index contributed by atoms with van der Waals surface area (Å²) in [4.78, 5) is 0. The molecule has 0 saturated carbocycles. The molecule has 0 N–H and O–H groups in total. The van der Waals surface area contributed by atoms with Crippen LogP contribution in [0.15, 0.2) is 18.2 Å². The number of hydrogen-bond donors (Lipinski definition) is 0. The van der Waals surface area contributed by atoms with Crippen molar-refractivity contribution in [3.63, 3.8) is 0 Å². The Kier molecular flexibility index (Phi) is 7.83. The summed E-state index contributed by atoms with van der Waals surface area (Å²) in [5.74, 6) is -0.490. The zero-order chi connectivity index (χ0) is 6.69. The maximum absolute atomic E-state index is 12.3. The Morgan fingerprint density at radius 1 is 1.55 bits per heavy atom. The molecule has 0 spiro atoms. The van der Waals surface area contributed by atoms with Gasteiger partial charge in [0, 0.05) is 31.4 Å². The van der Waals surface area contributed by atoms with E-state index in [4.69, 9.17) is 5.26 Å². The van der Waals surface area contributed by atoms with Gasteiger partial charge in [-0.3, -0.25) is 0 Å². The van der Waals surface area contributed by atoms with Crippen LogP contribution >= 0.6 is 17.0 Å². The normalized spacial score (nSPS) is 6.91. The van der Waals surface area contributed by atoms with Gasteiger partial charge < -0.3 is 0 Å². The summed E-state index contributed by atoms with van der Waals surface area (Å²) in [5, 5.41) is 8.21. The Labute approximate surface area is 87.8 Å². The van der Waals surface area contributed by atoms with Crippen molar-refractivity contribution in [1.29, 1.82) is 5.26 Å². The van der Waals surface area contributed by atoms with E-state index < -0.39 is 5.82 Å². The standard InChI is InChI=1S/C7H3FN.BrH.Zn/c8-7-4-2-1-3-6(7)5-9;;/h2-4H;1H;/q-1;;. The van der Waals surface area contributed by atoms with Crippen LogP contribution in [-0.4, -0.2) is 0 Å². The molecule has 1 nitrogen and oxygen atoms in total. The summed E-state index contributed by atoms with van der Waals surface area (Å²) in [6.45, 7) is 0. The van der Waals surface area contributed by atoms with Gasteiger partial charge in [0.05, 0.1) is 0 Å². The van der Waals surface area contributed by atoms with Crippen molar-refractivity contribution >= 4 is 17.0 Å². The third-order valence-corrected chi connectivity index (χ3v) is 0.931. The fourth-order valence-electron chi connectivity index (χ4n) is 0.497. The van der Waals surface area contributed by atoms with Crippen molar-refractivity contribution in [2.45, 2.75) is 0 Å². The summed E-state index contributed by atoms with van der Waals surface area (Å²) in [6, 6.07) is 8.23. The Hall–Kier alpha value is -0.257. The van der Waals surface area contributed by atoms with Crippen LogP contribution in [0.25, 0.3) is 0 Å². The van der Waals surface area contributed by atoms with Gasteiger partial charge in [-0.05, 0) is 5.56 Å². The Balaban J connectivity index is 0. The summed E-state index contributed by atoms with van der Waals surface area (Å²) in [5.41, 5.74) is 0.0394. The quantitative estimate of drug-likeness (QED) is 0.521. The molecule has 0 aliphatic rings. The number of benzene rings is 1. The number of rotatable bonds is 0. The molecule has 0 heterocycles. The van der Waals surface area contributed by atoms with Crippen LogP contribution in [-0.2, 0) is 19.5 Å². The molecule has 0 aromatic heterocycles. The van der Waals surface area contributed by atoms with Gasteiger partial charge in [-0.1, -0.05) is 0 Å². The monoisotopic (exact) mass is 264 g/mol. The Morgan fingerprint density at radius 3 is 2.55 bits per heavy atom. The molecule has 11 heavy (non-hydrogen) atoms. The predicted molar refractivity (Wildman–Crippen MR) is 40.3 cm³/mol. The summed E-state index contributed by atoms with van der Waals surface area (Å²) >= 11 is 0. The fraction of sp³-hybridized carbons (Fsp3) is 0. The molecule has 0 saturated heterocycles. The van der Waals surface area contributed by atoms with Gasteiger partial charge in [-0.15, -0.1) is 23.0 Å². The predicted octanol–water partition coefficient (Wildman–Crippen LogP) is 2.07. The van der Waals surface area contributed by atoms with E-state index in [1.807, 2.05) is 0 Å². The molecule has 0 aliphatic carbocycles. The molecule has 0 unspecified atom stereocenters. The number of hydrogen-bond acceptors (Lipinski definition) is 1. The second-order valence-electron chi connectivity index (χ2n) is 1.52. The van der Waals surface area contributed by atoms with Gasteiger partial charge >= 0.3 is 0 Å². The van der Waals surface area contributed by atoms with E-state index in [0.717, 1.165) is 0 Å². The van der Waals surface area contributed by atoms with E-state index in [0.29, 0.717) is 0 Å².